The van der Waals surface area contributed by atoms with Crippen molar-refractivity contribution < 1.29 is 19.0 Å². The van der Waals surface area contributed by atoms with E-state index in [0.29, 0.717) is 28.0 Å². The van der Waals surface area contributed by atoms with Crippen LogP contribution in [-0.2, 0) is 4.74 Å². The van der Waals surface area contributed by atoms with Crippen LogP contribution >= 0.6 is 23.2 Å². The van der Waals surface area contributed by atoms with Gasteiger partial charge in [-0.3, -0.25) is 0 Å². The van der Waals surface area contributed by atoms with Crippen molar-refractivity contribution in [2.75, 3.05) is 13.2 Å². The fraction of sp³-hybridized carbons (Fsp3) is 0.400. The third kappa shape index (κ3) is 6.18. The highest BCUT2D eigenvalue weighted by atomic mass is 35.5. The Balaban J connectivity index is 1.39. The first-order valence-electron chi connectivity index (χ1n) is 11.3. The number of halogens is 2. The number of nitrogens with one attached hydrogen (secondary N) is 1. The molecule has 0 saturated heterocycles. The zero-order valence-electron chi connectivity index (χ0n) is 20.0. The third-order valence-corrected chi connectivity index (χ3v) is 6.10. The molecule has 186 valence electrons. The lowest BCUT2D eigenvalue weighted by atomic mass is 10.2. The first-order valence-corrected chi connectivity index (χ1v) is 12.1. The van der Waals surface area contributed by atoms with Gasteiger partial charge in [0.2, 0.25) is 0 Å². The molecule has 1 N–H and O–H groups in total. The van der Waals surface area contributed by atoms with E-state index >= 15 is 0 Å². The average Bonchev–Trinajstić information content (AvgIpc) is 3.40. The molecule has 0 bridgehead atoms. The first-order chi connectivity index (χ1) is 16.6. The number of fused-ring (bicyclic) bond motifs is 1. The largest absolute Gasteiger partial charge is 0.488 e. The summed E-state index contributed by atoms with van der Waals surface area (Å²) in [4.78, 5) is 20.5. The molecule has 0 fully saturated rings. The number of nitrogens with zero attached hydrogens (tertiary/aromatic N) is 3. The molecule has 0 radical (unpaired) electrons. The standard InChI is InChI=1S/C25H28Cl2N4O4/c1-15-18-7-9-31(23(18)30-14-29-15)16-5-6-17(11-16)34-22-13-20(27)19(26)12-21(22)33-10-8-28-24(32)35-25(2,3)4/h5-7,9,12-14,16-17H,8,10-11H2,1-4H3,(H,28,32)/t16-,17+/m0/s1. The summed E-state index contributed by atoms with van der Waals surface area (Å²) in [5.74, 6) is 0.916. The number of carbonyl (C=O) groups excluding carboxylic acids is 1. The van der Waals surface area contributed by atoms with Crippen LogP contribution in [0.1, 0.15) is 38.9 Å². The van der Waals surface area contributed by atoms with Crippen LogP contribution in [0.25, 0.3) is 11.0 Å². The molecule has 0 aliphatic heterocycles. The molecule has 2 atom stereocenters. The van der Waals surface area contributed by atoms with Gasteiger partial charge in [0.1, 0.15) is 30.3 Å². The minimum Gasteiger partial charge on any atom is -0.488 e. The Hall–Kier alpha value is -2.97. The Morgan fingerprint density at radius 2 is 1.91 bits per heavy atom. The second kappa shape index (κ2) is 10.3. The van der Waals surface area contributed by atoms with Gasteiger partial charge in [0.15, 0.2) is 11.5 Å². The summed E-state index contributed by atoms with van der Waals surface area (Å²) >= 11 is 12.5. The molecule has 1 aliphatic rings. The van der Waals surface area contributed by atoms with E-state index in [0.717, 1.165) is 16.7 Å². The molecular formula is C25H28Cl2N4O4. The quantitative estimate of drug-likeness (QED) is 0.309. The maximum atomic E-state index is 11.8. The molecule has 1 amide bonds. The molecule has 1 aromatic carbocycles. The van der Waals surface area contributed by atoms with E-state index in [1.165, 1.54) is 0 Å². The zero-order chi connectivity index (χ0) is 25.2. The van der Waals surface area contributed by atoms with E-state index in [9.17, 15) is 4.79 Å². The van der Waals surface area contributed by atoms with Gasteiger partial charge in [-0.05, 0) is 39.8 Å². The highest BCUT2D eigenvalue weighted by Crippen LogP contribution is 2.38. The summed E-state index contributed by atoms with van der Waals surface area (Å²) in [5, 5.41) is 4.40. The Kier molecular flexibility index (Phi) is 7.42. The van der Waals surface area contributed by atoms with Crippen LogP contribution in [0.15, 0.2) is 42.9 Å². The summed E-state index contributed by atoms with van der Waals surface area (Å²) in [6.45, 7) is 7.83. The minimum atomic E-state index is -0.568. The molecule has 10 heteroatoms. The predicted octanol–water partition coefficient (Wildman–Crippen LogP) is 5.90. The van der Waals surface area contributed by atoms with Gasteiger partial charge in [-0.25, -0.2) is 14.8 Å². The minimum absolute atomic E-state index is 0.0944. The fourth-order valence-corrected chi connectivity index (χ4v) is 4.12. The zero-order valence-corrected chi connectivity index (χ0v) is 21.6. The smallest absolute Gasteiger partial charge is 0.407 e. The van der Waals surface area contributed by atoms with Gasteiger partial charge < -0.3 is 24.1 Å². The number of aromatic nitrogens is 3. The van der Waals surface area contributed by atoms with E-state index in [1.807, 2.05) is 25.3 Å². The monoisotopic (exact) mass is 518 g/mol. The SMILES string of the molecule is Cc1ncnc2c1ccn2[C@H]1C=C[C@@H](Oc2cc(Cl)c(Cl)cc2OCCNC(=O)OC(C)(C)C)C1. The number of alkyl carbamates (subject to hydrolysis) is 1. The lowest BCUT2D eigenvalue weighted by Crippen LogP contribution is -2.34. The molecular weight excluding hydrogens is 491 g/mol. The van der Waals surface area contributed by atoms with Gasteiger partial charge in [0.05, 0.1) is 28.3 Å². The second-order valence-electron chi connectivity index (χ2n) is 9.25. The van der Waals surface area contributed by atoms with E-state index in [4.69, 9.17) is 37.4 Å². The normalized spacial score (nSPS) is 17.5. The van der Waals surface area contributed by atoms with Gasteiger partial charge in [0.25, 0.3) is 0 Å². The van der Waals surface area contributed by atoms with Crippen LogP contribution in [0.2, 0.25) is 10.0 Å². The van der Waals surface area contributed by atoms with E-state index in [-0.39, 0.29) is 25.3 Å². The molecule has 0 spiro atoms. The first kappa shape index (κ1) is 25.1. The summed E-state index contributed by atoms with van der Waals surface area (Å²) in [6, 6.07) is 5.38. The Bertz CT molecular complexity index is 1250. The summed E-state index contributed by atoms with van der Waals surface area (Å²) < 4.78 is 19.4. The second-order valence-corrected chi connectivity index (χ2v) is 10.1. The number of amides is 1. The van der Waals surface area contributed by atoms with E-state index < -0.39 is 11.7 Å². The number of carbonyl (C=O) groups is 1. The van der Waals surface area contributed by atoms with Crippen molar-refractivity contribution in [3.05, 3.63) is 58.6 Å². The Morgan fingerprint density at radius 1 is 1.17 bits per heavy atom. The number of rotatable bonds is 7. The molecule has 3 aromatic rings. The molecule has 35 heavy (non-hydrogen) atoms. The molecule has 2 aromatic heterocycles. The topological polar surface area (TPSA) is 87.5 Å². The van der Waals surface area contributed by atoms with Crippen molar-refractivity contribution >= 4 is 40.3 Å². The van der Waals surface area contributed by atoms with Crippen LogP contribution < -0.4 is 14.8 Å². The van der Waals surface area contributed by atoms with Gasteiger partial charge >= 0.3 is 6.09 Å². The van der Waals surface area contributed by atoms with Gasteiger partial charge in [0, 0.05) is 30.1 Å². The highest BCUT2D eigenvalue weighted by molar-refractivity contribution is 6.42. The van der Waals surface area contributed by atoms with Crippen molar-refractivity contribution in [2.45, 2.75) is 51.9 Å². The van der Waals surface area contributed by atoms with E-state index in [2.05, 4.69) is 25.9 Å². The van der Waals surface area contributed by atoms with Crippen LogP contribution in [0.3, 0.4) is 0 Å². The molecule has 8 nitrogen and oxygen atoms in total. The summed E-state index contributed by atoms with van der Waals surface area (Å²) in [7, 11) is 0. The van der Waals surface area contributed by atoms with E-state index in [1.54, 1.807) is 39.2 Å². The van der Waals surface area contributed by atoms with Crippen LogP contribution in [-0.4, -0.2) is 45.5 Å². The van der Waals surface area contributed by atoms with Crippen LogP contribution in [0.4, 0.5) is 4.79 Å². The van der Waals surface area contributed by atoms with Gasteiger partial charge in [-0.2, -0.15) is 0 Å². The summed E-state index contributed by atoms with van der Waals surface area (Å²) in [5.41, 5.74) is 1.27. The molecule has 1 aliphatic carbocycles. The van der Waals surface area contributed by atoms with Crippen molar-refractivity contribution in [2.24, 2.45) is 0 Å². The van der Waals surface area contributed by atoms with Crippen LogP contribution in [0.5, 0.6) is 11.5 Å². The lowest BCUT2D eigenvalue weighted by molar-refractivity contribution is 0.0520. The number of allylic oxidation sites excluding steroid dienone is 1. The Morgan fingerprint density at radius 3 is 2.66 bits per heavy atom. The maximum absolute atomic E-state index is 11.8. The van der Waals surface area contributed by atoms with Crippen molar-refractivity contribution in [3.8, 4) is 11.5 Å². The van der Waals surface area contributed by atoms with Crippen molar-refractivity contribution in [1.82, 2.24) is 19.9 Å². The number of hydrogen-bond donors (Lipinski definition) is 1. The van der Waals surface area contributed by atoms with Crippen LogP contribution in [0, 0.1) is 6.92 Å². The highest BCUT2D eigenvalue weighted by Gasteiger charge is 2.25. The fourth-order valence-electron chi connectivity index (χ4n) is 3.81. The average molecular weight is 519 g/mol. The molecule has 2 heterocycles. The molecule has 0 saturated carbocycles. The van der Waals surface area contributed by atoms with Crippen molar-refractivity contribution in [1.29, 1.82) is 0 Å². The number of aryl methyl sites for hydroxylation is 1. The maximum Gasteiger partial charge on any atom is 0.407 e. The summed E-state index contributed by atoms with van der Waals surface area (Å²) in [6.07, 6.45) is 7.73. The van der Waals surface area contributed by atoms with Crippen molar-refractivity contribution in [3.63, 3.8) is 0 Å². The van der Waals surface area contributed by atoms with Gasteiger partial charge in [-0.15, -0.1) is 0 Å². The molecule has 0 unspecified atom stereocenters. The Labute approximate surface area is 214 Å². The number of ether oxygens (including phenoxy) is 3. The third-order valence-electron chi connectivity index (χ3n) is 5.38. The predicted molar refractivity (Wildman–Crippen MR) is 136 cm³/mol. The number of benzene rings is 1. The number of hydrogen-bond acceptors (Lipinski definition) is 6. The van der Waals surface area contributed by atoms with Gasteiger partial charge in [-0.1, -0.05) is 29.3 Å². The molecule has 4 rings (SSSR count). The lowest BCUT2D eigenvalue weighted by Gasteiger charge is -2.20.